The molecule has 116 valence electrons. The van der Waals surface area contributed by atoms with Gasteiger partial charge in [-0.1, -0.05) is 31.2 Å². The molecule has 0 fully saturated rings. The lowest BCUT2D eigenvalue weighted by Gasteiger charge is -2.10. The van der Waals surface area contributed by atoms with Gasteiger partial charge in [-0.2, -0.15) is 0 Å². The molecule has 0 saturated carbocycles. The Morgan fingerprint density at radius 3 is 2.14 bits per heavy atom. The van der Waals surface area contributed by atoms with Crippen LogP contribution in [0.4, 0.5) is 0 Å². The van der Waals surface area contributed by atoms with Crippen LogP contribution in [-0.4, -0.2) is 24.4 Å². The van der Waals surface area contributed by atoms with Crippen molar-refractivity contribution in [3.8, 4) is 23.0 Å². The second-order valence-electron chi connectivity index (χ2n) is 5.01. The molecular formula is C18H20O4. The van der Waals surface area contributed by atoms with E-state index in [1.165, 1.54) is 14.2 Å². The summed E-state index contributed by atoms with van der Waals surface area (Å²) < 4.78 is 10.2. The predicted octanol–water partition coefficient (Wildman–Crippen LogP) is 3.93. The van der Waals surface area contributed by atoms with Crippen LogP contribution in [0, 0.1) is 0 Å². The van der Waals surface area contributed by atoms with Crippen LogP contribution in [0.15, 0.2) is 42.5 Å². The van der Waals surface area contributed by atoms with Gasteiger partial charge in [-0.15, -0.1) is 0 Å². The lowest BCUT2D eigenvalue weighted by molar-refractivity contribution is 0.373. The second-order valence-corrected chi connectivity index (χ2v) is 5.01. The first-order valence-electron chi connectivity index (χ1n) is 6.97. The normalized spacial score (nSPS) is 12.3. The molecule has 2 aromatic carbocycles. The molecule has 0 amide bonds. The molecule has 0 aliphatic rings. The summed E-state index contributed by atoms with van der Waals surface area (Å²) >= 11 is 0. The van der Waals surface area contributed by atoms with Crippen molar-refractivity contribution in [1.82, 2.24) is 0 Å². The molecule has 0 heterocycles. The first-order valence-corrected chi connectivity index (χ1v) is 6.97. The van der Waals surface area contributed by atoms with Gasteiger partial charge < -0.3 is 19.7 Å². The van der Waals surface area contributed by atoms with E-state index in [1.54, 1.807) is 18.2 Å². The Bertz CT molecular complexity index is 677. The monoisotopic (exact) mass is 300 g/mol. The van der Waals surface area contributed by atoms with Crippen molar-refractivity contribution >= 4 is 6.08 Å². The van der Waals surface area contributed by atoms with Gasteiger partial charge in [0.25, 0.3) is 0 Å². The fraction of sp³-hybridized carbons (Fsp3) is 0.222. The summed E-state index contributed by atoms with van der Waals surface area (Å²) in [4.78, 5) is 0. The number of benzene rings is 2. The lowest BCUT2D eigenvalue weighted by atomic mass is 9.99. The van der Waals surface area contributed by atoms with Gasteiger partial charge in [0.05, 0.1) is 14.2 Å². The number of aromatic hydroxyl groups is 2. The molecule has 2 rings (SSSR count). The van der Waals surface area contributed by atoms with Crippen LogP contribution in [0.5, 0.6) is 23.0 Å². The van der Waals surface area contributed by atoms with Crippen molar-refractivity contribution in [2.45, 2.75) is 12.8 Å². The van der Waals surface area contributed by atoms with Gasteiger partial charge >= 0.3 is 0 Å². The highest BCUT2D eigenvalue weighted by Gasteiger charge is 2.07. The Labute approximate surface area is 130 Å². The standard InChI is InChI=1S/C18H20O4/c1-12(14-7-9-16(20)18(11-14)22-3)4-5-13-6-8-15(19)17(10-13)21-2/h4-12,19-20H,1-3H3. The molecule has 0 aromatic heterocycles. The Morgan fingerprint density at radius 2 is 1.50 bits per heavy atom. The van der Waals surface area contributed by atoms with Gasteiger partial charge in [0.15, 0.2) is 23.0 Å². The van der Waals surface area contributed by atoms with E-state index in [0.29, 0.717) is 11.5 Å². The maximum Gasteiger partial charge on any atom is 0.161 e. The Kier molecular flexibility index (Phi) is 4.94. The minimum absolute atomic E-state index is 0.121. The highest BCUT2D eigenvalue weighted by atomic mass is 16.5. The van der Waals surface area contributed by atoms with Crippen molar-refractivity contribution in [1.29, 1.82) is 0 Å². The summed E-state index contributed by atoms with van der Waals surface area (Å²) in [5.41, 5.74) is 1.98. The Morgan fingerprint density at radius 1 is 0.909 bits per heavy atom. The van der Waals surface area contributed by atoms with Crippen molar-refractivity contribution in [3.05, 3.63) is 53.6 Å². The SMILES string of the molecule is COc1cc(C=CC(C)c2ccc(O)c(OC)c2)ccc1O. The Balaban J connectivity index is 2.19. The minimum Gasteiger partial charge on any atom is -0.504 e. The summed E-state index contributed by atoms with van der Waals surface area (Å²) in [5, 5.41) is 19.2. The molecule has 0 radical (unpaired) electrons. The van der Waals surface area contributed by atoms with E-state index in [-0.39, 0.29) is 17.4 Å². The van der Waals surface area contributed by atoms with E-state index >= 15 is 0 Å². The van der Waals surface area contributed by atoms with E-state index < -0.39 is 0 Å². The van der Waals surface area contributed by atoms with Crippen LogP contribution in [0.25, 0.3) is 6.08 Å². The first-order chi connectivity index (χ1) is 10.5. The van der Waals surface area contributed by atoms with Crippen molar-refractivity contribution in [2.24, 2.45) is 0 Å². The van der Waals surface area contributed by atoms with Gasteiger partial charge in [-0.25, -0.2) is 0 Å². The third kappa shape index (κ3) is 3.52. The summed E-state index contributed by atoms with van der Waals surface area (Å²) in [6.07, 6.45) is 4.00. The molecule has 1 unspecified atom stereocenters. The predicted molar refractivity (Wildman–Crippen MR) is 86.8 cm³/mol. The zero-order valence-corrected chi connectivity index (χ0v) is 12.9. The molecule has 2 N–H and O–H groups in total. The van der Waals surface area contributed by atoms with Crippen LogP contribution in [0.2, 0.25) is 0 Å². The number of phenols is 2. The van der Waals surface area contributed by atoms with E-state index in [2.05, 4.69) is 6.92 Å². The van der Waals surface area contributed by atoms with E-state index in [1.807, 2.05) is 30.4 Å². The molecular weight excluding hydrogens is 280 g/mol. The quantitative estimate of drug-likeness (QED) is 0.878. The van der Waals surface area contributed by atoms with Crippen LogP contribution in [0.1, 0.15) is 24.0 Å². The maximum absolute atomic E-state index is 9.63. The zero-order chi connectivity index (χ0) is 16.1. The summed E-state index contributed by atoms with van der Waals surface area (Å²) in [7, 11) is 3.05. The topological polar surface area (TPSA) is 58.9 Å². The molecule has 4 nitrogen and oxygen atoms in total. The number of ether oxygens (including phenoxy) is 2. The fourth-order valence-electron chi connectivity index (χ4n) is 2.14. The molecule has 0 spiro atoms. The number of rotatable bonds is 5. The minimum atomic E-state index is 0.121. The molecule has 0 bridgehead atoms. The number of hydrogen-bond donors (Lipinski definition) is 2. The summed E-state index contributed by atoms with van der Waals surface area (Å²) in [6, 6.07) is 10.5. The molecule has 22 heavy (non-hydrogen) atoms. The fourth-order valence-corrected chi connectivity index (χ4v) is 2.14. The number of hydrogen-bond acceptors (Lipinski definition) is 4. The first kappa shape index (κ1) is 15.8. The van der Waals surface area contributed by atoms with Gasteiger partial charge in [0.1, 0.15) is 0 Å². The molecule has 2 aromatic rings. The lowest BCUT2D eigenvalue weighted by Crippen LogP contribution is -1.91. The largest absolute Gasteiger partial charge is 0.504 e. The highest BCUT2D eigenvalue weighted by molar-refractivity contribution is 5.56. The number of methoxy groups -OCH3 is 2. The van der Waals surface area contributed by atoms with Crippen molar-refractivity contribution in [3.63, 3.8) is 0 Å². The third-order valence-corrected chi connectivity index (χ3v) is 3.51. The van der Waals surface area contributed by atoms with Crippen LogP contribution in [0.3, 0.4) is 0 Å². The van der Waals surface area contributed by atoms with E-state index in [9.17, 15) is 10.2 Å². The third-order valence-electron chi connectivity index (χ3n) is 3.51. The van der Waals surface area contributed by atoms with Crippen LogP contribution < -0.4 is 9.47 Å². The van der Waals surface area contributed by atoms with Gasteiger partial charge in [-0.3, -0.25) is 0 Å². The Hall–Kier alpha value is -2.62. The summed E-state index contributed by atoms with van der Waals surface area (Å²) in [5.74, 6) is 1.31. The van der Waals surface area contributed by atoms with E-state index in [4.69, 9.17) is 9.47 Å². The highest BCUT2D eigenvalue weighted by Crippen LogP contribution is 2.31. The average Bonchev–Trinajstić information content (AvgIpc) is 2.54. The second kappa shape index (κ2) is 6.89. The number of allylic oxidation sites excluding steroid dienone is 1. The van der Waals surface area contributed by atoms with Crippen LogP contribution >= 0.6 is 0 Å². The number of phenolic OH excluding ortho intramolecular Hbond substituents is 2. The van der Waals surface area contributed by atoms with E-state index in [0.717, 1.165) is 11.1 Å². The van der Waals surface area contributed by atoms with Crippen LogP contribution in [-0.2, 0) is 0 Å². The van der Waals surface area contributed by atoms with Gasteiger partial charge in [0, 0.05) is 0 Å². The molecule has 1 atom stereocenters. The average molecular weight is 300 g/mol. The molecule has 0 aliphatic heterocycles. The molecule has 0 aliphatic carbocycles. The van der Waals surface area contributed by atoms with Crippen molar-refractivity contribution < 1.29 is 19.7 Å². The zero-order valence-electron chi connectivity index (χ0n) is 12.9. The van der Waals surface area contributed by atoms with Gasteiger partial charge in [-0.05, 0) is 41.3 Å². The van der Waals surface area contributed by atoms with Crippen molar-refractivity contribution in [2.75, 3.05) is 14.2 Å². The molecule has 0 saturated heterocycles. The summed E-state index contributed by atoms with van der Waals surface area (Å²) in [6.45, 7) is 2.06. The molecule has 4 heteroatoms. The maximum atomic E-state index is 9.63. The van der Waals surface area contributed by atoms with Gasteiger partial charge in [0.2, 0.25) is 0 Å². The smallest absolute Gasteiger partial charge is 0.161 e.